The van der Waals surface area contributed by atoms with Gasteiger partial charge in [0.2, 0.25) is 0 Å². The van der Waals surface area contributed by atoms with Crippen LogP contribution in [-0.4, -0.2) is 39.4 Å². The Morgan fingerprint density at radius 3 is 2.53 bits per heavy atom. The third-order valence-corrected chi connectivity index (χ3v) is 3.11. The van der Waals surface area contributed by atoms with Gasteiger partial charge < -0.3 is 14.8 Å². The van der Waals surface area contributed by atoms with Crippen molar-refractivity contribution in [3.63, 3.8) is 0 Å². The molecule has 2 atom stereocenters. The maximum Gasteiger partial charge on any atom is 0.314 e. The smallest absolute Gasteiger partial charge is 0.314 e. The predicted molar refractivity (Wildman–Crippen MR) is 75.2 cm³/mol. The minimum atomic E-state index is -0.267. The van der Waals surface area contributed by atoms with E-state index in [1.807, 2.05) is 30.3 Å². The lowest BCUT2D eigenvalue weighted by Gasteiger charge is -2.19. The summed E-state index contributed by atoms with van der Waals surface area (Å²) in [6.07, 6.45) is 0.916. The molecule has 1 aromatic rings. The Labute approximate surface area is 115 Å². The Morgan fingerprint density at radius 2 is 1.95 bits per heavy atom. The number of hydrogen-bond acceptors (Lipinski definition) is 4. The Bertz CT molecular complexity index is 367. The van der Waals surface area contributed by atoms with Crippen LogP contribution >= 0.6 is 0 Å². The highest BCUT2D eigenvalue weighted by Gasteiger charge is 2.21. The number of hydrogen-bond donors (Lipinski definition) is 1. The lowest BCUT2D eigenvalue weighted by Crippen LogP contribution is -2.34. The zero-order valence-electron chi connectivity index (χ0n) is 11.9. The first kappa shape index (κ1) is 15.7. The van der Waals surface area contributed by atoms with Gasteiger partial charge in [0.05, 0.1) is 13.0 Å². The van der Waals surface area contributed by atoms with Crippen LogP contribution in [0.5, 0.6) is 0 Å². The fraction of sp³-hybridized carbons (Fsp3) is 0.533. The van der Waals surface area contributed by atoms with Gasteiger partial charge in [0.25, 0.3) is 0 Å². The molecule has 2 unspecified atom stereocenters. The molecular formula is C15H23NO3. The van der Waals surface area contributed by atoms with Gasteiger partial charge >= 0.3 is 5.97 Å². The van der Waals surface area contributed by atoms with Gasteiger partial charge in [0, 0.05) is 26.3 Å². The summed E-state index contributed by atoms with van der Waals surface area (Å²) in [5, 5.41) is 3.35. The second-order valence-electron chi connectivity index (χ2n) is 4.58. The third-order valence-electron chi connectivity index (χ3n) is 3.11. The summed E-state index contributed by atoms with van der Waals surface area (Å²) >= 11 is 0. The second-order valence-corrected chi connectivity index (χ2v) is 4.58. The molecule has 4 heteroatoms. The van der Waals surface area contributed by atoms with Crippen LogP contribution in [0.4, 0.5) is 0 Å². The van der Waals surface area contributed by atoms with Gasteiger partial charge in [-0.1, -0.05) is 30.3 Å². The van der Waals surface area contributed by atoms with Gasteiger partial charge in [0.15, 0.2) is 0 Å². The highest BCUT2D eigenvalue weighted by Crippen LogP contribution is 2.16. The van der Waals surface area contributed by atoms with Crippen molar-refractivity contribution in [2.24, 2.45) is 0 Å². The molecule has 106 valence electrons. The molecule has 0 bridgehead atoms. The quantitative estimate of drug-likeness (QED) is 0.730. The molecule has 0 aliphatic rings. The van der Waals surface area contributed by atoms with Gasteiger partial charge in [-0.05, 0) is 18.9 Å². The van der Waals surface area contributed by atoms with Gasteiger partial charge in [-0.2, -0.15) is 0 Å². The maximum absolute atomic E-state index is 11.9. The molecule has 0 saturated carbocycles. The molecule has 0 aromatic heterocycles. The number of carbonyl (C=O) groups is 1. The molecule has 1 N–H and O–H groups in total. The van der Waals surface area contributed by atoms with E-state index in [1.54, 1.807) is 7.11 Å². The van der Waals surface area contributed by atoms with E-state index in [1.165, 1.54) is 7.11 Å². The van der Waals surface area contributed by atoms with Crippen LogP contribution in [0.25, 0.3) is 0 Å². The average molecular weight is 265 g/mol. The van der Waals surface area contributed by atoms with Gasteiger partial charge in [-0.3, -0.25) is 4.79 Å². The Morgan fingerprint density at radius 1 is 1.26 bits per heavy atom. The number of nitrogens with one attached hydrogen (secondary N) is 1. The molecule has 1 aromatic carbocycles. The minimum absolute atomic E-state index is 0.211. The molecule has 0 aliphatic carbocycles. The Hall–Kier alpha value is -1.39. The summed E-state index contributed by atoms with van der Waals surface area (Å²) in [5.41, 5.74) is 0.973. The first-order valence-electron chi connectivity index (χ1n) is 6.54. The van der Waals surface area contributed by atoms with Crippen LogP contribution in [0.15, 0.2) is 30.3 Å². The fourth-order valence-electron chi connectivity index (χ4n) is 1.88. The number of esters is 1. The number of benzene rings is 1. The average Bonchev–Trinajstić information content (AvgIpc) is 2.46. The Balaban J connectivity index is 2.59. The van der Waals surface area contributed by atoms with E-state index in [9.17, 15) is 4.79 Å². The zero-order valence-corrected chi connectivity index (χ0v) is 11.9. The van der Waals surface area contributed by atoms with Crippen LogP contribution in [-0.2, 0) is 14.3 Å². The largest absolute Gasteiger partial charge is 0.469 e. The summed E-state index contributed by atoms with van der Waals surface area (Å²) in [6, 6.07) is 9.99. The molecule has 0 radical (unpaired) electrons. The van der Waals surface area contributed by atoms with Crippen molar-refractivity contribution in [2.45, 2.75) is 25.3 Å². The fourth-order valence-corrected chi connectivity index (χ4v) is 1.88. The van der Waals surface area contributed by atoms with Crippen molar-refractivity contribution in [1.82, 2.24) is 5.32 Å². The molecule has 0 heterocycles. The lowest BCUT2D eigenvalue weighted by molar-refractivity contribution is -0.142. The Kier molecular flexibility index (Phi) is 7.15. The number of carbonyl (C=O) groups excluding carboxylic acids is 1. The van der Waals surface area contributed by atoms with Crippen molar-refractivity contribution in [1.29, 1.82) is 0 Å². The van der Waals surface area contributed by atoms with Crippen LogP contribution in [0.2, 0.25) is 0 Å². The van der Waals surface area contributed by atoms with E-state index in [-0.39, 0.29) is 11.9 Å². The topological polar surface area (TPSA) is 47.6 Å². The molecule has 0 saturated heterocycles. The number of methoxy groups -OCH3 is 2. The van der Waals surface area contributed by atoms with E-state index < -0.39 is 0 Å². The molecule has 19 heavy (non-hydrogen) atoms. The van der Waals surface area contributed by atoms with Crippen molar-refractivity contribution in [2.75, 3.05) is 27.4 Å². The first-order chi connectivity index (χ1) is 9.19. The molecule has 0 amide bonds. The van der Waals surface area contributed by atoms with E-state index >= 15 is 0 Å². The lowest BCUT2D eigenvalue weighted by atomic mass is 9.99. The SMILES string of the molecule is COCCC(C)NCC(C(=O)OC)c1ccccc1. The molecule has 0 spiro atoms. The maximum atomic E-state index is 11.9. The number of ether oxygens (including phenoxy) is 2. The van der Waals surface area contributed by atoms with Gasteiger partial charge in [-0.25, -0.2) is 0 Å². The predicted octanol–water partition coefficient (Wildman–Crippen LogP) is 1.96. The van der Waals surface area contributed by atoms with Crippen LogP contribution in [0, 0.1) is 0 Å². The van der Waals surface area contributed by atoms with Crippen LogP contribution < -0.4 is 5.32 Å². The van der Waals surface area contributed by atoms with Crippen molar-refractivity contribution >= 4 is 5.97 Å². The van der Waals surface area contributed by atoms with Gasteiger partial charge in [0.1, 0.15) is 0 Å². The minimum Gasteiger partial charge on any atom is -0.469 e. The summed E-state index contributed by atoms with van der Waals surface area (Å²) in [7, 11) is 3.11. The molecule has 1 rings (SSSR count). The molecular weight excluding hydrogens is 242 g/mol. The zero-order chi connectivity index (χ0) is 14.1. The molecule has 0 fully saturated rings. The van der Waals surface area contributed by atoms with Gasteiger partial charge in [-0.15, -0.1) is 0 Å². The molecule has 4 nitrogen and oxygen atoms in total. The monoisotopic (exact) mass is 265 g/mol. The van der Waals surface area contributed by atoms with Crippen LogP contribution in [0.1, 0.15) is 24.8 Å². The van der Waals surface area contributed by atoms with Crippen molar-refractivity contribution < 1.29 is 14.3 Å². The first-order valence-corrected chi connectivity index (χ1v) is 6.54. The van der Waals surface area contributed by atoms with Crippen molar-refractivity contribution in [3.05, 3.63) is 35.9 Å². The standard InChI is InChI=1S/C15H23NO3/c1-12(9-10-18-2)16-11-14(15(17)19-3)13-7-5-4-6-8-13/h4-8,12,14,16H,9-11H2,1-3H3. The van der Waals surface area contributed by atoms with E-state index in [0.717, 1.165) is 12.0 Å². The van der Waals surface area contributed by atoms with E-state index in [0.29, 0.717) is 19.2 Å². The summed E-state index contributed by atoms with van der Waals surface area (Å²) < 4.78 is 9.92. The normalized spacial score (nSPS) is 13.8. The highest BCUT2D eigenvalue weighted by atomic mass is 16.5. The van der Waals surface area contributed by atoms with E-state index in [4.69, 9.17) is 9.47 Å². The summed E-state index contributed by atoms with van der Waals surface area (Å²) in [4.78, 5) is 11.9. The van der Waals surface area contributed by atoms with E-state index in [2.05, 4.69) is 12.2 Å². The summed E-state index contributed by atoms with van der Waals surface area (Å²) in [6.45, 7) is 3.36. The van der Waals surface area contributed by atoms with Crippen molar-refractivity contribution in [3.8, 4) is 0 Å². The second kappa shape index (κ2) is 8.67. The number of rotatable bonds is 8. The molecule has 0 aliphatic heterocycles. The highest BCUT2D eigenvalue weighted by molar-refractivity contribution is 5.78. The third kappa shape index (κ3) is 5.41. The summed E-state index contributed by atoms with van der Waals surface area (Å²) in [5.74, 6) is -0.478. The van der Waals surface area contributed by atoms with Crippen LogP contribution in [0.3, 0.4) is 0 Å².